The van der Waals surface area contributed by atoms with Crippen molar-refractivity contribution in [3.05, 3.63) is 24.3 Å². The van der Waals surface area contributed by atoms with Crippen LogP contribution < -0.4 is 20.1 Å². The van der Waals surface area contributed by atoms with E-state index in [-0.39, 0.29) is 35.8 Å². The molecule has 0 saturated heterocycles. The number of hydrogen-bond donors (Lipinski definition) is 2. The second kappa shape index (κ2) is 13.9. The molecule has 0 amide bonds. The number of halogens is 1. The highest BCUT2D eigenvalue weighted by molar-refractivity contribution is 14.0. The normalized spacial score (nSPS) is 12.7. The molecular weight excluding hydrogens is 481 g/mol. The fourth-order valence-corrected chi connectivity index (χ4v) is 2.93. The van der Waals surface area contributed by atoms with Crippen LogP contribution in [0.25, 0.3) is 0 Å². The number of nitrogens with one attached hydrogen (secondary N) is 2. The molecule has 9 heteroatoms. The molecule has 156 valence electrons. The molecule has 0 aliphatic carbocycles. The Labute approximate surface area is 180 Å². The van der Waals surface area contributed by atoms with E-state index in [1.165, 1.54) is 6.26 Å². The van der Waals surface area contributed by atoms with Gasteiger partial charge < -0.3 is 20.1 Å². The van der Waals surface area contributed by atoms with Crippen LogP contribution in [0.5, 0.6) is 11.5 Å². The Morgan fingerprint density at radius 2 is 2.00 bits per heavy atom. The maximum absolute atomic E-state index is 11.3. The SMILES string of the molecule is CCNC(=NCCCOc1cccc(OC)c1)NC(C)CCS(C)(=O)=O.I. The van der Waals surface area contributed by atoms with E-state index in [9.17, 15) is 8.42 Å². The summed E-state index contributed by atoms with van der Waals surface area (Å²) in [6, 6.07) is 7.52. The summed E-state index contributed by atoms with van der Waals surface area (Å²) in [5, 5.41) is 6.40. The third-order valence-electron chi connectivity index (χ3n) is 3.53. The number of methoxy groups -OCH3 is 1. The Kier molecular flexibility index (Phi) is 13.2. The molecule has 0 radical (unpaired) electrons. The summed E-state index contributed by atoms with van der Waals surface area (Å²) in [7, 11) is -1.32. The van der Waals surface area contributed by atoms with E-state index in [0.29, 0.717) is 25.5 Å². The highest BCUT2D eigenvalue weighted by Crippen LogP contribution is 2.18. The number of ether oxygens (including phenoxy) is 2. The van der Waals surface area contributed by atoms with E-state index >= 15 is 0 Å². The van der Waals surface area contributed by atoms with Crippen LogP contribution in [-0.4, -0.2) is 59.2 Å². The Balaban J connectivity index is 0.00000676. The smallest absolute Gasteiger partial charge is 0.191 e. The molecule has 0 fully saturated rings. The van der Waals surface area contributed by atoms with Gasteiger partial charge in [0.1, 0.15) is 21.3 Å². The maximum atomic E-state index is 11.3. The van der Waals surface area contributed by atoms with Gasteiger partial charge in [-0.3, -0.25) is 4.99 Å². The Morgan fingerprint density at radius 3 is 2.63 bits per heavy atom. The standard InChI is InChI=1S/C18H31N3O4S.HI/c1-5-19-18(21-15(2)10-13-26(4,22)23)20-11-7-12-25-17-9-6-8-16(14-17)24-3;/h6,8-9,14-15H,5,7,10-13H2,1-4H3,(H2,19,20,21);1H. The summed E-state index contributed by atoms with van der Waals surface area (Å²) in [5.74, 6) is 2.39. The number of hydrogen-bond acceptors (Lipinski definition) is 5. The lowest BCUT2D eigenvalue weighted by Crippen LogP contribution is -2.43. The van der Waals surface area contributed by atoms with Crippen molar-refractivity contribution < 1.29 is 17.9 Å². The van der Waals surface area contributed by atoms with Gasteiger partial charge in [0.15, 0.2) is 5.96 Å². The van der Waals surface area contributed by atoms with Gasteiger partial charge in [0.25, 0.3) is 0 Å². The number of nitrogens with zero attached hydrogens (tertiary/aromatic N) is 1. The lowest BCUT2D eigenvalue weighted by molar-refractivity contribution is 0.311. The van der Waals surface area contributed by atoms with E-state index in [1.54, 1.807) is 7.11 Å². The summed E-state index contributed by atoms with van der Waals surface area (Å²) < 4.78 is 33.4. The Hall–Kier alpha value is -1.23. The van der Waals surface area contributed by atoms with Crippen molar-refractivity contribution >= 4 is 39.8 Å². The van der Waals surface area contributed by atoms with E-state index in [4.69, 9.17) is 9.47 Å². The van der Waals surface area contributed by atoms with Gasteiger partial charge in [-0.1, -0.05) is 6.07 Å². The molecule has 7 nitrogen and oxygen atoms in total. The summed E-state index contributed by atoms with van der Waals surface area (Å²) in [5.41, 5.74) is 0. The zero-order valence-electron chi connectivity index (χ0n) is 16.5. The second-order valence-electron chi connectivity index (χ2n) is 6.11. The molecule has 1 aromatic carbocycles. The van der Waals surface area contributed by atoms with Crippen LogP contribution >= 0.6 is 24.0 Å². The van der Waals surface area contributed by atoms with Gasteiger partial charge in [0.2, 0.25) is 0 Å². The Morgan fingerprint density at radius 1 is 1.30 bits per heavy atom. The average molecular weight is 513 g/mol. The lowest BCUT2D eigenvalue weighted by Gasteiger charge is -2.17. The minimum atomic E-state index is -2.95. The van der Waals surface area contributed by atoms with Crippen molar-refractivity contribution in [2.45, 2.75) is 32.7 Å². The minimum Gasteiger partial charge on any atom is -0.497 e. The summed E-state index contributed by atoms with van der Waals surface area (Å²) in [4.78, 5) is 4.50. The lowest BCUT2D eigenvalue weighted by atomic mass is 10.3. The van der Waals surface area contributed by atoms with Crippen molar-refractivity contribution in [2.75, 3.05) is 38.8 Å². The van der Waals surface area contributed by atoms with Crippen molar-refractivity contribution in [3.8, 4) is 11.5 Å². The molecular formula is C18H32IN3O4S. The van der Waals surface area contributed by atoms with Gasteiger partial charge in [0.05, 0.1) is 19.5 Å². The van der Waals surface area contributed by atoms with Crippen LogP contribution in [0.2, 0.25) is 0 Å². The molecule has 0 heterocycles. The molecule has 0 saturated carbocycles. The van der Waals surface area contributed by atoms with Crippen molar-refractivity contribution in [1.82, 2.24) is 10.6 Å². The highest BCUT2D eigenvalue weighted by atomic mass is 127. The van der Waals surface area contributed by atoms with Crippen molar-refractivity contribution in [2.24, 2.45) is 4.99 Å². The van der Waals surface area contributed by atoms with Gasteiger partial charge in [-0.15, -0.1) is 24.0 Å². The predicted molar refractivity (Wildman–Crippen MR) is 121 cm³/mol. The molecule has 1 unspecified atom stereocenters. The molecule has 1 rings (SSSR count). The number of rotatable bonds is 11. The fraction of sp³-hybridized carbons (Fsp3) is 0.611. The van der Waals surface area contributed by atoms with Gasteiger partial charge in [-0.2, -0.15) is 0 Å². The van der Waals surface area contributed by atoms with Crippen molar-refractivity contribution in [3.63, 3.8) is 0 Å². The zero-order valence-corrected chi connectivity index (χ0v) is 19.7. The summed E-state index contributed by atoms with van der Waals surface area (Å²) >= 11 is 0. The van der Waals surface area contributed by atoms with E-state index in [0.717, 1.165) is 24.5 Å². The molecule has 0 aliphatic rings. The summed E-state index contributed by atoms with van der Waals surface area (Å²) in [6.45, 7) is 5.84. The zero-order chi connectivity index (χ0) is 19.4. The second-order valence-corrected chi connectivity index (χ2v) is 8.37. The molecule has 0 bridgehead atoms. The monoisotopic (exact) mass is 513 g/mol. The first-order chi connectivity index (χ1) is 12.3. The molecule has 1 aromatic rings. The van der Waals surface area contributed by atoms with Gasteiger partial charge >= 0.3 is 0 Å². The quantitative estimate of drug-likeness (QED) is 0.205. The van der Waals surface area contributed by atoms with Gasteiger partial charge in [-0.25, -0.2) is 8.42 Å². The van der Waals surface area contributed by atoms with Gasteiger partial charge in [-0.05, 0) is 32.4 Å². The van der Waals surface area contributed by atoms with Crippen LogP contribution in [0.1, 0.15) is 26.7 Å². The number of benzene rings is 1. The van der Waals surface area contributed by atoms with Crippen LogP contribution in [0.4, 0.5) is 0 Å². The van der Waals surface area contributed by atoms with Crippen LogP contribution in [-0.2, 0) is 9.84 Å². The topological polar surface area (TPSA) is 89.0 Å². The predicted octanol–water partition coefficient (Wildman–Crippen LogP) is 2.46. The number of sulfone groups is 1. The van der Waals surface area contributed by atoms with Crippen molar-refractivity contribution in [1.29, 1.82) is 0 Å². The molecule has 27 heavy (non-hydrogen) atoms. The molecule has 2 N–H and O–H groups in total. The first-order valence-electron chi connectivity index (χ1n) is 8.83. The fourth-order valence-electron chi connectivity index (χ4n) is 2.15. The molecule has 0 aliphatic heterocycles. The van der Waals surface area contributed by atoms with E-state index in [2.05, 4.69) is 15.6 Å². The Bertz CT molecular complexity index is 668. The number of aliphatic imine (C=N–C) groups is 1. The third-order valence-corrected chi connectivity index (χ3v) is 4.51. The molecule has 0 aromatic heterocycles. The van der Waals surface area contributed by atoms with E-state index < -0.39 is 9.84 Å². The largest absolute Gasteiger partial charge is 0.497 e. The van der Waals surface area contributed by atoms with Crippen LogP contribution in [0.3, 0.4) is 0 Å². The van der Waals surface area contributed by atoms with Gasteiger partial charge in [0, 0.05) is 37.9 Å². The average Bonchev–Trinajstić information content (AvgIpc) is 2.59. The third kappa shape index (κ3) is 12.7. The molecule has 0 spiro atoms. The van der Waals surface area contributed by atoms with Crippen LogP contribution in [0.15, 0.2) is 29.3 Å². The summed E-state index contributed by atoms with van der Waals surface area (Å²) in [6.07, 6.45) is 2.56. The van der Waals surface area contributed by atoms with E-state index in [1.807, 2.05) is 38.1 Å². The number of guanidine groups is 1. The maximum Gasteiger partial charge on any atom is 0.191 e. The van der Waals surface area contributed by atoms with Crippen LogP contribution in [0, 0.1) is 0 Å². The molecule has 1 atom stereocenters. The highest BCUT2D eigenvalue weighted by Gasteiger charge is 2.09. The first-order valence-corrected chi connectivity index (χ1v) is 10.9. The minimum absolute atomic E-state index is 0. The first kappa shape index (κ1) is 25.8.